The quantitative estimate of drug-likeness (QED) is 0.824. The summed E-state index contributed by atoms with van der Waals surface area (Å²) in [4.78, 5) is 7.14. The Balaban J connectivity index is 1.97. The van der Waals surface area contributed by atoms with Gasteiger partial charge in [-0.05, 0) is 30.8 Å². The Morgan fingerprint density at radius 2 is 2.11 bits per heavy atom. The van der Waals surface area contributed by atoms with Crippen LogP contribution in [-0.4, -0.2) is 30.6 Å². The van der Waals surface area contributed by atoms with Crippen LogP contribution in [0.5, 0.6) is 5.75 Å². The number of ether oxygens (including phenoxy) is 1. The average Bonchev–Trinajstić information content (AvgIpc) is 2.46. The minimum atomic E-state index is 0.872. The third-order valence-electron chi connectivity index (χ3n) is 3.60. The third-order valence-corrected chi connectivity index (χ3v) is 3.60. The Morgan fingerprint density at radius 1 is 1.21 bits per heavy atom. The maximum Gasteiger partial charge on any atom is 0.119 e. The first-order chi connectivity index (χ1) is 9.26. The molecular formula is C16H18N2O. The normalized spacial score (nSPS) is 15.1. The summed E-state index contributed by atoms with van der Waals surface area (Å²) in [6.45, 7) is 2.09. The molecule has 2 aromatic rings. The Bertz CT molecular complexity index is 595. The van der Waals surface area contributed by atoms with Crippen molar-refractivity contribution in [2.24, 2.45) is 0 Å². The van der Waals surface area contributed by atoms with Crippen molar-refractivity contribution in [3.8, 4) is 17.0 Å². The average molecular weight is 254 g/mol. The van der Waals surface area contributed by atoms with Gasteiger partial charge in [0.1, 0.15) is 5.75 Å². The molecule has 1 aromatic heterocycles. The van der Waals surface area contributed by atoms with Crippen molar-refractivity contribution >= 4 is 0 Å². The number of benzene rings is 1. The van der Waals surface area contributed by atoms with E-state index in [9.17, 15) is 0 Å². The number of fused-ring (bicyclic) bond motifs is 1. The molecule has 3 heteroatoms. The van der Waals surface area contributed by atoms with Crippen LogP contribution in [0.4, 0.5) is 0 Å². The molecular weight excluding hydrogens is 236 g/mol. The molecule has 0 saturated heterocycles. The predicted molar refractivity (Wildman–Crippen MR) is 76.3 cm³/mol. The topological polar surface area (TPSA) is 25.4 Å². The molecule has 1 aliphatic rings. The molecule has 0 N–H and O–H groups in total. The molecule has 1 aliphatic heterocycles. The largest absolute Gasteiger partial charge is 0.497 e. The Kier molecular flexibility index (Phi) is 3.22. The number of likely N-dealkylation sites (N-methyl/N-ethyl adjacent to an activating group) is 1. The highest BCUT2D eigenvalue weighted by Crippen LogP contribution is 2.25. The Hall–Kier alpha value is -1.87. The third kappa shape index (κ3) is 2.47. The number of aromatic nitrogens is 1. The van der Waals surface area contributed by atoms with Crippen LogP contribution in [-0.2, 0) is 13.0 Å². The van der Waals surface area contributed by atoms with Gasteiger partial charge in [-0.1, -0.05) is 18.2 Å². The molecule has 0 aliphatic carbocycles. The van der Waals surface area contributed by atoms with E-state index in [1.54, 1.807) is 7.11 Å². The molecule has 0 fully saturated rings. The molecule has 0 bridgehead atoms. The highest BCUT2D eigenvalue weighted by molar-refractivity contribution is 5.61. The van der Waals surface area contributed by atoms with Crippen LogP contribution < -0.4 is 4.74 Å². The highest BCUT2D eigenvalue weighted by Gasteiger charge is 2.15. The van der Waals surface area contributed by atoms with Crippen molar-refractivity contribution in [3.05, 3.63) is 47.7 Å². The van der Waals surface area contributed by atoms with Gasteiger partial charge in [-0.2, -0.15) is 0 Å². The fourth-order valence-corrected chi connectivity index (χ4v) is 2.50. The summed E-state index contributed by atoms with van der Waals surface area (Å²) in [6, 6.07) is 12.4. The van der Waals surface area contributed by atoms with Crippen LogP contribution in [0, 0.1) is 0 Å². The van der Waals surface area contributed by atoms with Crippen molar-refractivity contribution in [3.63, 3.8) is 0 Å². The van der Waals surface area contributed by atoms with Gasteiger partial charge < -0.3 is 9.64 Å². The van der Waals surface area contributed by atoms with Crippen molar-refractivity contribution in [2.75, 3.05) is 20.7 Å². The fraction of sp³-hybridized carbons (Fsp3) is 0.312. The molecule has 0 saturated carbocycles. The molecule has 19 heavy (non-hydrogen) atoms. The molecule has 0 unspecified atom stereocenters. The zero-order chi connectivity index (χ0) is 13.2. The summed E-state index contributed by atoms with van der Waals surface area (Å²) < 4.78 is 5.27. The van der Waals surface area contributed by atoms with E-state index in [0.717, 1.165) is 36.5 Å². The fourth-order valence-electron chi connectivity index (χ4n) is 2.50. The first-order valence-corrected chi connectivity index (χ1v) is 6.58. The molecule has 0 atom stereocenters. The van der Waals surface area contributed by atoms with Crippen LogP contribution in [0.2, 0.25) is 0 Å². The van der Waals surface area contributed by atoms with E-state index in [1.165, 1.54) is 11.3 Å². The van der Waals surface area contributed by atoms with E-state index in [0.29, 0.717) is 0 Å². The van der Waals surface area contributed by atoms with Crippen LogP contribution in [0.15, 0.2) is 36.4 Å². The van der Waals surface area contributed by atoms with Crippen LogP contribution in [0.1, 0.15) is 11.3 Å². The first kappa shape index (κ1) is 12.2. The lowest BCUT2D eigenvalue weighted by Crippen LogP contribution is -2.27. The summed E-state index contributed by atoms with van der Waals surface area (Å²) in [7, 11) is 3.84. The van der Waals surface area contributed by atoms with Crippen molar-refractivity contribution in [1.82, 2.24) is 9.88 Å². The number of methoxy groups -OCH3 is 1. The minimum Gasteiger partial charge on any atom is -0.497 e. The van der Waals surface area contributed by atoms with E-state index in [-0.39, 0.29) is 0 Å². The summed E-state index contributed by atoms with van der Waals surface area (Å²) >= 11 is 0. The van der Waals surface area contributed by atoms with Crippen LogP contribution in [0.3, 0.4) is 0 Å². The molecule has 98 valence electrons. The number of hydrogen-bond acceptors (Lipinski definition) is 3. The number of hydrogen-bond donors (Lipinski definition) is 0. The SMILES string of the molecule is COc1cccc(-c2ccc3c(n2)CCN(C)C3)c1. The molecule has 3 rings (SSSR count). The standard InChI is InChI=1S/C16H18N2O/c1-18-9-8-16-13(11-18)6-7-15(17-16)12-4-3-5-14(10-12)19-2/h3-7,10H,8-9,11H2,1-2H3. The molecule has 0 spiro atoms. The maximum atomic E-state index is 5.27. The summed E-state index contributed by atoms with van der Waals surface area (Å²) in [5.74, 6) is 0.872. The molecule has 3 nitrogen and oxygen atoms in total. The highest BCUT2D eigenvalue weighted by atomic mass is 16.5. The van der Waals surface area contributed by atoms with Crippen molar-refractivity contribution < 1.29 is 4.74 Å². The van der Waals surface area contributed by atoms with Gasteiger partial charge in [0.25, 0.3) is 0 Å². The second kappa shape index (κ2) is 5.02. The van der Waals surface area contributed by atoms with Crippen molar-refractivity contribution in [2.45, 2.75) is 13.0 Å². The van der Waals surface area contributed by atoms with E-state index in [1.807, 2.05) is 18.2 Å². The van der Waals surface area contributed by atoms with Gasteiger partial charge in [0.2, 0.25) is 0 Å². The van der Waals surface area contributed by atoms with E-state index >= 15 is 0 Å². The van der Waals surface area contributed by atoms with Gasteiger partial charge in [-0.25, -0.2) is 0 Å². The van der Waals surface area contributed by atoms with Gasteiger partial charge in [-0.3, -0.25) is 4.98 Å². The number of nitrogens with zero attached hydrogens (tertiary/aromatic N) is 2. The maximum absolute atomic E-state index is 5.27. The van der Waals surface area contributed by atoms with Gasteiger partial charge in [0, 0.05) is 30.8 Å². The molecule has 1 aromatic carbocycles. The lowest BCUT2D eigenvalue weighted by molar-refractivity contribution is 0.310. The van der Waals surface area contributed by atoms with Gasteiger partial charge >= 0.3 is 0 Å². The van der Waals surface area contributed by atoms with E-state index < -0.39 is 0 Å². The molecule has 0 radical (unpaired) electrons. The zero-order valence-corrected chi connectivity index (χ0v) is 11.4. The van der Waals surface area contributed by atoms with Gasteiger partial charge in [-0.15, -0.1) is 0 Å². The molecule has 0 amide bonds. The lowest BCUT2D eigenvalue weighted by Gasteiger charge is -2.24. The first-order valence-electron chi connectivity index (χ1n) is 6.58. The monoisotopic (exact) mass is 254 g/mol. The van der Waals surface area contributed by atoms with E-state index in [4.69, 9.17) is 9.72 Å². The summed E-state index contributed by atoms with van der Waals surface area (Å²) in [5, 5.41) is 0. The van der Waals surface area contributed by atoms with E-state index in [2.05, 4.69) is 30.1 Å². The van der Waals surface area contributed by atoms with Crippen LogP contribution >= 0.6 is 0 Å². The second-order valence-electron chi connectivity index (χ2n) is 5.02. The van der Waals surface area contributed by atoms with Gasteiger partial charge in [0.15, 0.2) is 0 Å². The second-order valence-corrected chi connectivity index (χ2v) is 5.02. The molecule has 2 heterocycles. The van der Waals surface area contributed by atoms with Crippen LogP contribution in [0.25, 0.3) is 11.3 Å². The number of rotatable bonds is 2. The summed E-state index contributed by atoms with van der Waals surface area (Å²) in [5.41, 5.74) is 4.72. The predicted octanol–water partition coefficient (Wildman–Crippen LogP) is 2.75. The minimum absolute atomic E-state index is 0.872. The van der Waals surface area contributed by atoms with Crippen molar-refractivity contribution in [1.29, 1.82) is 0 Å². The smallest absolute Gasteiger partial charge is 0.119 e. The Morgan fingerprint density at radius 3 is 2.95 bits per heavy atom. The Labute approximate surface area is 113 Å². The van der Waals surface area contributed by atoms with Gasteiger partial charge in [0.05, 0.1) is 12.8 Å². The zero-order valence-electron chi connectivity index (χ0n) is 11.4. The number of pyridine rings is 1. The lowest BCUT2D eigenvalue weighted by atomic mass is 10.0. The summed E-state index contributed by atoms with van der Waals surface area (Å²) in [6.07, 6.45) is 1.03.